The summed E-state index contributed by atoms with van der Waals surface area (Å²) >= 11 is 6.05. The molecule has 4 rings (SSSR count). The first kappa shape index (κ1) is 20.2. The molecule has 0 aliphatic rings. The fraction of sp³-hybridized carbons (Fsp3) is 0.261. The van der Waals surface area contributed by atoms with Gasteiger partial charge in [0.05, 0.1) is 5.92 Å². The molecule has 154 valence electrons. The number of rotatable bonds is 7. The summed E-state index contributed by atoms with van der Waals surface area (Å²) in [4.78, 5) is 22.4. The second-order valence-electron chi connectivity index (χ2n) is 7.31. The molecule has 1 atom stereocenters. The smallest absolute Gasteiger partial charge is 0.274 e. The Morgan fingerprint density at radius 1 is 1.20 bits per heavy atom. The molecule has 6 nitrogen and oxygen atoms in total. The minimum absolute atomic E-state index is 0.0971. The zero-order valence-corrected chi connectivity index (χ0v) is 17.7. The number of hydrogen-bond acceptors (Lipinski definition) is 4. The average Bonchev–Trinajstić information content (AvgIpc) is 3.39. The van der Waals surface area contributed by atoms with Crippen LogP contribution in [0.15, 0.2) is 59.1 Å². The van der Waals surface area contributed by atoms with Gasteiger partial charge in [-0.2, -0.15) is 4.98 Å². The van der Waals surface area contributed by atoms with Crippen LogP contribution in [0.3, 0.4) is 0 Å². The molecule has 0 saturated heterocycles. The largest absolute Gasteiger partial charge is 0.351 e. The van der Waals surface area contributed by atoms with E-state index in [9.17, 15) is 4.79 Å². The van der Waals surface area contributed by atoms with Crippen LogP contribution in [-0.4, -0.2) is 39.5 Å². The molecule has 0 spiro atoms. The van der Waals surface area contributed by atoms with Gasteiger partial charge >= 0.3 is 0 Å². The van der Waals surface area contributed by atoms with Gasteiger partial charge in [0.15, 0.2) is 5.82 Å². The second-order valence-corrected chi connectivity index (χ2v) is 7.75. The topological polar surface area (TPSA) is 75.0 Å². The van der Waals surface area contributed by atoms with E-state index in [1.807, 2.05) is 68.6 Å². The van der Waals surface area contributed by atoms with Crippen LogP contribution in [0.5, 0.6) is 0 Å². The maximum absolute atomic E-state index is 12.9. The first-order valence-electron chi connectivity index (χ1n) is 9.96. The number of nitrogens with one attached hydrogen (secondary N) is 1. The molecule has 0 fully saturated rings. The van der Waals surface area contributed by atoms with E-state index in [1.54, 1.807) is 4.90 Å². The van der Waals surface area contributed by atoms with Crippen molar-refractivity contribution < 1.29 is 9.32 Å². The van der Waals surface area contributed by atoms with Crippen LogP contribution in [0.2, 0.25) is 5.02 Å². The lowest BCUT2D eigenvalue weighted by Gasteiger charge is -2.23. The molecule has 2 aromatic carbocycles. The minimum Gasteiger partial charge on any atom is -0.351 e. The van der Waals surface area contributed by atoms with Crippen molar-refractivity contribution in [1.29, 1.82) is 0 Å². The Morgan fingerprint density at radius 3 is 2.77 bits per heavy atom. The standard InChI is InChI=1S/C23H23ClN4O2/c1-3-18(15-7-5-4-6-8-15)23(29)28(2)12-11-21-26-22(30-27-21)20-14-16-13-17(24)9-10-19(16)25-20/h4-10,13-14,18,25H,3,11-12H2,1-2H3. The van der Waals surface area contributed by atoms with Crippen LogP contribution in [0, 0.1) is 0 Å². The number of halogens is 1. The van der Waals surface area contributed by atoms with Crippen molar-refractivity contribution in [2.75, 3.05) is 13.6 Å². The molecule has 0 bridgehead atoms. The summed E-state index contributed by atoms with van der Waals surface area (Å²) < 4.78 is 5.41. The Morgan fingerprint density at radius 2 is 2.00 bits per heavy atom. The highest BCUT2D eigenvalue weighted by molar-refractivity contribution is 6.31. The van der Waals surface area contributed by atoms with Crippen molar-refractivity contribution in [2.45, 2.75) is 25.7 Å². The number of aromatic nitrogens is 3. The summed E-state index contributed by atoms with van der Waals surface area (Å²) in [6.07, 6.45) is 1.27. The molecule has 30 heavy (non-hydrogen) atoms. The van der Waals surface area contributed by atoms with Crippen molar-refractivity contribution >= 4 is 28.4 Å². The number of likely N-dealkylation sites (N-methyl/N-ethyl adjacent to an activating group) is 1. The minimum atomic E-state index is -0.143. The molecule has 7 heteroatoms. The van der Waals surface area contributed by atoms with Crippen LogP contribution in [0.25, 0.3) is 22.5 Å². The Balaban J connectivity index is 1.41. The number of carbonyl (C=O) groups excluding carboxylic acids is 1. The Kier molecular flexibility index (Phi) is 5.86. The lowest BCUT2D eigenvalue weighted by molar-refractivity contribution is -0.131. The van der Waals surface area contributed by atoms with Gasteiger partial charge in [0, 0.05) is 35.9 Å². The fourth-order valence-corrected chi connectivity index (χ4v) is 3.75. The van der Waals surface area contributed by atoms with Gasteiger partial charge in [-0.15, -0.1) is 0 Å². The van der Waals surface area contributed by atoms with Crippen molar-refractivity contribution in [1.82, 2.24) is 20.0 Å². The maximum atomic E-state index is 12.9. The Labute approximate surface area is 179 Å². The van der Waals surface area contributed by atoms with Gasteiger partial charge in [0.25, 0.3) is 5.89 Å². The van der Waals surface area contributed by atoms with Gasteiger partial charge in [-0.1, -0.05) is 54.0 Å². The van der Waals surface area contributed by atoms with Crippen LogP contribution in [0.4, 0.5) is 0 Å². The van der Waals surface area contributed by atoms with Gasteiger partial charge < -0.3 is 14.4 Å². The summed E-state index contributed by atoms with van der Waals surface area (Å²) in [7, 11) is 1.82. The monoisotopic (exact) mass is 422 g/mol. The fourth-order valence-electron chi connectivity index (χ4n) is 3.57. The Bertz CT molecular complexity index is 1150. The van der Waals surface area contributed by atoms with E-state index < -0.39 is 0 Å². The number of carbonyl (C=O) groups is 1. The number of hydrogen-bond donors (Lipinski definition) is 1. The van der Waals surface area contributed by atoms with E-state index in [4.69, 9.17) is 16.1 Å². The number of fused-ring (bicyclic) bond motifs is 1. The van der Waals surface area contributed by atoms with E-state index in [-0.39, 0.29) is 11.8 Å². The van der Waals surface area contributed by atoms with Crippen molar-refractivity contribution in [3.05, 3.63) is 71.0 Å². The summed E-state index contributed by atoms with van der Waals surface area (Å²) in [6.45, 7) is 2.55. The lowest BCUT2D eigenvalue weighted by Crippen LogP contribution is -2.33. The molecule has 0 aliphatic heterocycles. The van der Waals surface area contributed by atoms with Crippen molar-refractivity contribution in [3.8, 4) is 11.6 Å². The highest BCUT2D eigenvalue weighted by Gasteiger charge is 2.22. The number of H-pyrrole nitrogens is 1. The molecule has 0 saturated carbocycles. The van der Waals surface area contributed by atoms with Crippen molar-refractivity contribution in [2.24, 2.45) is 0 Å². The third kappa shape index (κ3) is 4.24. The normalized spacial score (nSPS) is 12.2. The highest BCUT2D eigenvalue weighted by Crippen LogP contribution is 2.25. The SMILES string of the molecule is CCC(C(=O)N(C)CCc1noc(-c2cc3cc(Cl)ccc3[nH]2)n1)c1ccccc1. The van der Waals surface area contributed by atoms with Gasteiger partial charge in [-0.3, -0.25) is 4.79 Å². The van der Waals surface area contributed by atoms with Gasteiger partial charge in [0.2, 0.25) is 5.91 Å². The lowest BCUT2D eigenvalue weighted by atomic mass is 9.95. The molecule has 2 heterocycles. The van der Waals surface area contributed by atoms with Crippen molar-refractivity contribution in [3.63, 3.8) is 0 Å². The first-order valence-corrected chi connectivity index (χ1v) is 10.3. The number of nitrogens with zero attached hydrogens (tertiary/aromatic N) is 3. The molecule has 0 radical (unpaired) electrons. The van der Waals surface area contributed by atoms with Crippen LogP contribution < -0.4 is 0 Å². The summed E-state index contributed by atoms with van der Waals surface area (Å²) in [5, 5.41) is 5.72. The second kappa shape index (κ2) is 8.71. The molecule has 1 unspecified atom stereocenters. The molecular weight excluding hydrogens is 400 g/mol. The molecule has 1 N–H and O–H groups in total. The van der Waals surface area contributed by atoms with E-state index in [1.165, 1.54) is 0 Å². The molecular formula is C23H23ClN4O2. The summed E-state index contributed by atoms with van der Waals surface area (Å²) in [5.74, 6) is 0.936. The predicted octanol–water partition coefficient (Wildman–Crippen LogP) is 5.07. The average molecular weight is 423 g/mol. The quantitative estimate of drug-likeness (QED) is 0.451. The van der Waals surface area contributed by atoms with E-state index in [0.29, 0.717) is 29.7 Å². The number of aromatic amines is 1. The summed E-state index contributed by atoms with van der Waals surface area (Å²) in [5.41, 5.74) is 2.73. The van der Waals surface area contributed by atoms with Gasteiger partial charge in [0.1, 0.15) is 5.69 Å². The van der Waals surface area contributed by atoms with E-state index in [0.717, 1.165) is 28.6 Å². The number of amides is 1. The zero-order chi connectivity index (χ0) is 21.1. The molecule has 1 amide bonds. The van der Waals surface area contributed by atoms with Crippen LogP contribution in [-0.2, 0) is 11.2 Å². The predicted molar refractivity (Wildman–Crippen MR) is 117 cm³/mol. The summed E-state index contributed by atoms with van der Waals surface area (Å²) in [6, 6.07) is 17.4. The number of benzene rings is 2. The molecule has 2 aromatic heterocycles. The zero-order valence-electron chi connectivity index (χ0n) is 16.9. The Hall–Kier alpha value is -3.12. The van der Waals surface area contributed by atoms with Gasteiger partial charge in [-0.25, -0.2) is 0 Å². The first-order chi connectivity index (χ1) is 14.5. The molecule has 4 aromatic rings. The maximum Gasteiger partial charge on any atom is 0.274 e. The van der Waals surface area contributed by atoms with E-state index >= 15 is 0 Å². The third-order valence-corrected chi connectivity index (χ3v) is 5.47. The third-order valence-electron chi connectivity index (χ3n) is 5.24. The van der Waals surface area contributed by atoms with Crippen LogP contribution in [0.1, 0.15) is 30.7 Å². The molecule has 0 aliphatic carbocycles. The van der Waals surface area contributed by atoms with E-state index in [2.05, 4.69) is 15.1 Å². The van der Waals surface area contributed by atoms with Crippen LogP contribution >= 0.6 is 11.6 Å². The van der Waals surface area contributed by atoms with Gasteiger partial charge in [-0.05, 0) is 36.2 Å². The highest BCUT2D eigenvalue weighted by atomic mass is 35.5.